The molecule has 2 aromatic rings. The van der Waals surface area contributed by atoms with E-state index in [-0.39, 0.29) is 41.9 Å². The van der Waals surface area contributed by atoms with Gasteiger partial charge in [0.1, 0.15) is 10.9 Å². The molecule has 1 saturated carbocycles. The zero-order chi connectivity index (χ0) is 25.9. The van der Waals surface area contributed by atoms with Crippen LogP contribution >= 0.6 is 11.6 Å². The van der Waals surface area contributed by atoms with Gasteiger partial charge in [0.2, 0.25) is 11.8 Å². The topological polar surface area (TPSA) is 104 Å². The number of carbonyl (C=O) groups is 3. The van der Waals surface area contributed by atoms with E-state index >= 15 is 0 Å². The number of carbonyl (C=O) groups excluding carboxylic acids is 3. The SMILES string of the molecule is C[C@@H](C(=O)NC1CCCCC1)N(Cc1cccc(Cl)c1)C(=O)CCN1C(=O)c2ccccc2S1(=O)=O. The van der Waals surface area contributed by atoms with E-state index in [0.29, 0.717) is 5.02 Å². The second-order valence-electron chi connectivity index (χ2n) is 9.30. The van der Waals surface area contributed by atoms with Gasteiger partial charge in [-0.25, -0.2) is 12.7 Å². The highest BCUT2D eigenvalue weighted by Gasteiger charge is 2.41. The molecule has 0 spiro atoms. The summed E-state index contributed by atoms with van der Waals surface area (Å²) in [5.74, 6) is -1.34. The molecule has 1 heterocycles. The Bertz CT molecular complexity index is 1260. The zero-order valence-corrected chi connectivity index (χ0v) is 21.7. The third-order valence-electron chi connectivity index (χ3n) is 6.80. The number of hydrogen-bond donors (Lipinski definition) is 1. The Kier molecular flexibility index (Phi) is 8.00. The van der Waals surface area contributed by atoms with Gasteiger partial charge >= 0.3 is 0 Å². The van der Waals surface area contributed by atoms with Crippen LogP contribution in [-0.4, -0.2) is 54.0 Å². The highest BCUT2D eigenvalue weighted by atomic mass is 35.5. The smallest absolute Gasteiger partial charge is 0.269 e. The highest BCUT2D eigenvalue weighted by Crippen LogP contribution is 2.30. The number of benzene rings is 2. The average Bonchev–Trinajstić information content (AvgIpc) is 3.06. The van der Waals surface area contributed by atoms with Gasteiger partial charge in [-0.05, 0) is 49.6 Å². The van der Waals surface area contributed by atoms with Crippen LogP contribution in [0.4, 0.5) is 0 Å². The van der Waals surface area contributed by atoms with Crippen LogP contribution in [0.1, 0.15) is 61.4 Å². The molecule has 10 heteroatoms. The summed E-state index contributed by atoms with van der Waals surface area (Å²) in [5.41, 5.74) is 0.839. The average molecular weight is 532 g/mol. The van der Waals surface area contributed by atoms with E-state index in [1.54, 1.807) is 37.3 Å². The summed E-state index contributed by atoms with van der Waals surface area (Å²) in [6, 6.07) is 12.3. The van der Waals surface area contributed by atoms with Crippen molar-refractivity contribution < 1.29 is 22.8 Å². The minimum atomic E-state index is -4.02. The molecule has 0 unspecified atom stereocenters. The van der Waals surface area contributed by atoms with Crippen LogP contribution < -0.4 is 5.32 Å². The highest BCUT2D eigenvalue weighted by molar-refractivity contribution is 7.90. The lowest BCUT2D eigenvalue weighted by atomic mass is 9.95. The van der Waals surface area contributed by atoms with Crippen molar-refractivity contribution in [2.24, 2.45) is 0 Å². The van der Waals surface area contributed by atoms with Crippen LogP contribution in [0.5, 0.6) is 0 Å². The van der Waals surface area contributed by atoms with Crippen LogP contribution in [0.25, 0.3) is 0 Å². The van der Waals surface area contributed by atoms with Crippen molar-refractivity contribution in [2.75, 3.05) is 6.54 Å². The van der Waals surface area contributed by atoms with E-state index in [1.807, 2.05) is 6.07 Å². The minimum Gasteiger partial charge on any atom is -0.352 e. The van der Waals surface area contributed by atoms with Gasteiger partial charge in [-0.3, -0.25) is 14.4 Å². The molecule has 8 nitrogen and oxygen atoms in total. The summed E-state index contributed by atoms with van der Waals surface area (Å²) >= 11 is 6.12. The molecule has 192 valence electrons. The summed E-state index contributed by atoms with van der Waals surface area (Å²) < 4.78 is 26.5. The number of hydrogen-bond acceptors (Lipinski definition) is 5. The lowest BCUT2D eigenvalue weighted by Gasteiger charge is -2.31. The largest absolute Gasteiger partial charge is 0.352 e. The molecular formula is C26H30ClN3O5S. The second kappa shape index (κ2) is 11.0. The first-order chi connectivity index (χ1) is 17.2. The van der Waals surface area contributed by atoms with Crippen molar-refractivity contribution in [1.29, 1.82) is 0 Å². The Balaban J connectivity index is 1.50. The third-order valence-corrected chi connectivity index (χ3v) is 8.88. The normalized spacial score (nSPS) is 17.9. The molecule has 0 aromatic heterocycles. The van der Waals surface area contributed by atoms with Crippen LogP contribution in [0.2, 0.25) is 5.02 Å². The Morgan fingerprint density at radius 2 is 1.83 bits per heavy atom. The monoisotopic (exact) mass is 531 g/mol. The van der Waals surface area contributed by atoms with E-state index in [0.717, 1.165) is 42.0 Å². The molecule has 1 aliphatic carbocycles. The summed E-state index contributed by atoms with van der Waals surface area (Å²) in [5, 5.41) is 3.57. The zero-order valence-electron chi connectivity index (χ0n) is 20.2. The van der Waals surface area contributed by atoms with Crippen LogP contribution in [0.3, 0.4) is 0 Å². The third kappa shape index (κ3) is 5.57. The quantitative estimate of drug-likeness (QED) is 0.559. The fourth-order valence-corrected chi connectivity index (χ4v) is 6.56. The molecule has 2 aromatic carbocycles. The molecule has 36 heavy (non-hydrogen) atoms. The lowest BCUT2D eigenvalue weighted by molar-refractivity contribution is -0.141. The Morgan fingerprint density at radius 1 is 1.11 bits per heavy atom. The lowest BCUT2D eigenvalue weighted by Crippen LogP contribution is -2.50. The van der Waals surface area contributed by atoms with Crippen molar-refractivity contribution >= 4 is 39.3 Å². The maximum absolute atomic E-state index is 13.4. The van der Waals surface area contributed by atoms with E-state index < -0.39 is 27.9 Å². The van der Waals surface area contributed by atoms with Gasteiger partial charge in [0.25, 0.3) is 15.9 Å². The molecule has 1 N–H and O–H groups in total. The molecule has 1 aliphatic heterocycles. The van der Waals surface area contributed by atoms with E-state index in [2.05, 4.69) is 5.32 Å². The maximum atomic E-state index is 13.4. The Morgan fingerprint density at radius 3 is 2.53 bits per heavy atom. The summed E-state index contributed by atoms with van der Waals surface area (Å²) in [7, 11) is -4.02. The van der Waals surface area contributed by atoms with Gasteiger partial charge in [0.05, 0.1) is 5.56 Å². The number of amides is 3. The van der Waals surface area contributed by atoms with Gasteiger partial charge in [-0.1, -0.05) is 55.1 Å². The Labute approximate surface area is 216 Å². The first-order valence-corrected chi connectivity index (χ1v) is 14.0. The second-order valence-corrected chi connectivity index (χ2v) is 11.6. The van der Waals surface area contributed by atoms with Crippen molar-refractivity contribution in [3.8, 4) is 0 Å². The molecule has 0 saturated heterocycles. The number of nitrogens with zero attached hydrogens (tertiary/aromatic N) is 2. The predicted octanol–water partition coefficient (Wildman–Crippen LogP) is 3.74. The number of nitrogens with one attached hydrogen (secondary N) is 1. The maximum Gasteiger partial charge on any atom is 0.269 e. The van der Waals surface area contributed by atoms with Gasteiger partial charge in [0.15, 0.2) is 0 Å². The van der Waals surface area contributed by atoms with Gasteiger partial charge in [0, 0.05) is 30.6 Å². The minimum absolute atomic E-state index is 0.0570. The molecule has 1 atom stereocenters. The summed E-state index contributed by atoms with van der Waals surface area (Å²) in [6.07, 6.45) is 4.85. The van der Waals surface area contributed by atoms with Crippen LogP contribution in [-0.2, 0) is 26.2 Å². The fourth-order valence-electron chi connectivity index (χ4n) is 4.78. The number of sulfonamides is 1. The molecule has 0 radical (unpaired) electrons. The van der Waals surface area contributed by atoms with Gasteiger partial charge in [-0.2, -0.15) is 0 Å². The van der Waals surface area contributed by atoms with Crippen molar-refractivity contribution in [3.05, 3.63) is 64.7 Å². The summed E-state index contributed by atoms with van der Waals surface area (Å²) in [4.78, 5) is 40.6. The molecule has 1 fully saturated rings. The molecule has 3 amide bonds. The first-order valence-electron chi connectivity index (χ1n) is 12.2. The Hall–Kier alpha value is -2.91. The number of halogens is 1. The summed E-state index contributed by atoms with van der Waals surface area (Å²) in [6.45, 7) is 1.48. The van der Waals surface area contributed by atoms with Crippen molar-refractivity contribution in [1.82, 2.24) is 14.5 Å². The molecule has 2 aliphatic rings. The van der Waals surface area contributed by atoms with Crippen molar-refractivity contribution in [3.63, 3.8) is 0 Å². The van der Waals surface area contributed by atoms with Crippen LogP contribution in [0.15, 0.2) is 53.4 Å². The van der Waals surface area contributed by atoms with Gasteiger partial charge in [-0.15, -0.1) is 0 Å². The van der Waals surface area contributed by atoms with Crippen LogP contribution in [0, 0.1) is 0 Å². The predicted molar refractivity (Wildman–Crippen MR) is 136 cm³/mol. The molecular weight excluding hydrogens is 502 g/mol. The first kappa shape index (κ1) is 26.2. The standard InChI is InChI=1S/C26H30ClN3O5S/c1-18(25(32)28-21-10-3-2-4-11-21)29(17-19-8-7-9-20(27)16-19)24(31)14-15-30-26(33)22-12-5-6-13-23(22)36(30,34)35/h5-9,12-13,16,18,21H,2-4,10-11,14-15,17H2,1H3,(H,28,32)/t18-/m0/s1. The fraction of sp³-hybridized carbons (Fsp3) is 0.423. The van der Waals surface area contributed by atoms with Crippen molar-refractivity contribution in [2.45, 2.75) is 69.0 Å². The van der Waals surface area contributed by atoms with E-state index in [9.17, 15) is 22.8 Å². The van der Waals surface area contributed by atoms with E-state index in [1.165, 1.54) is 17.0 Å². The molecule has 4 rings (SSSR count). The number of fused-ring (bicyclic) bond motifs is 1. The number of rotatable bonds is 8. The van der Waals surface area contributed by atoms with E-state index in [4.69, 9.17) is 11.6 Å². The molecule has 0 bridgehead atoms. The van der Waals surface area contributed by atoms with Gasteiger partial charge < -0.3 is 10.2 Å².